The van der Waals surface area contributed by atoms with Gasteiger partial charge in [-0.05, 0) is 19.3 Å². The topological polar surface area (TPSA) is 65.4 Å². The quantitative estimate of drug-likeness (QED) is 0.800. The molecule has 1 aromatic rings. The lowest BCUT2D eigenvalue weighted by molar-refractivity contribution is -0.123. The Kier molecular flexibility index (Phi) is 5.79. The molecule has 0 unspecified atom stereocenters. The average Bonchev–Trinajstić information content (AvgIpc) is 3.20. The van der Waals surface area contributed by atoms with Crippen molar-refractivity contribution in [1.29, 1.82) is 0 Å². The molecule has 2 atom stereocenters. The molecule has 0 aromatic carbocycles. The zero-order valence-corrected chi connectivity index (χ0v) is 15.7. The van der Waals surface area contributed by atoms with E-state index >= 15 is 0 Å². The van der Waals surface area contributed by atoms with Gasteiger partial charge in [0.1, 0.15) is 5.82 Å². The summed E-state index contributed by atoms with van der Waals surface area (Å²) >= 11 is 0. The van der Waals surface area contributed by atoms with Crippen molar-refractivity contribution in [1.82, 2.24) is 14.9 Å². The van der Waals surface area contributed by atoms with Crippen LogP contribution in [0.1, 0.15) is 58.0 Å². The molecule has 0 bridgehead atoms. The molecule has 3 heterocycles. The number of rotatable bonds is 6. The molecule has 1 amide bonds. The van der Waals surface area contributed by atoms with Crippen LogP contribution in [0, 0.1) is 0 Å². The first-order valence-electron chi connectivity index (χ1n) is 9.47. The zero-order valence-electron chi connectivity index (χ0n) is 15.7. The standard InChI is InChI=1S/C19H31N3O3/c1-19(2,3)16-12-22-11-14(6-7-17(22)21-16)20-18(23)8-10-24-13-15-5-4-9-25-15/h12,14-15H,4-11,13H2,1-3H3,(H,20,23)/t14-,15+/m1/s1. The van der Waals surface area contributed by atoms with Crippen LogP contribution >= 0.6 is 0 Å². The summed E-state index contributed by atoms with van der Waals surface area (Å²) in [6.45, 7) is 9.24. The molecule has 1 saturated heterocycles. The third-order valence-corrected chi connectivity index (χ3v) is 4.93. The maximum Gasteiger partial charge on any atom is 0.222 e. The minimum Gasteiger partial charge on any atom is -0.378 e. The van der Waals surface area contributed by atoms with Crippen LogP contribution in [0.2, 0.25) is 0 Å². The minimum atomic E-state index is 0.0590. The van der Waals surface area contributed by atoms with E-state index in [0.717, 1.165) is 50.4 Å². The van der Waals surface area contributed by atoms with Crippen molar-refractivity contribution in [2.45, 2.75) is 77.0 Å². The predicted molar refractivity (Wildman–Crippen MR) is 95.6 cm³/mol. The molecule has 0 spiro atoms. The highest BCUT2D eigenvalue weighted by Crippen LogP contribution is 2.24. The van der Waals surface area contributed by atoms with Gasteiger partial charge in [-0.1, -0.05) is 20.8 Å². The van der Waals surface area contributed by atoms with Crippen molar-refractivity contribution in [2.24, 2.45) is 0 Å². The highest BCUT2D eigenvalue weighted by molar-refractivity contribution is 5.76. The molecule has 6 nitrogen and oxygen atoms in total. The van der Waals surface area contributed by atoms with Crippen LogP contribution in [0.3, 0.4) is 0 Å². The smallest absolute Gasteiger partial charge is 0.222 e. The van der Waals surface area contributed by atoms with Crippen LogP contribution in [0.15, 0.2) is 6.20 Å². The summed E-state index contributed by atoms with van der Waals surface area (Å²) in [5.74, 6) is 1.20. The van der Waals surface area contributed by atoms with Crippen molar-refractivity contribution in [3.63, 3.8) is 0 Å². The second-order valence-electron chi connectivity index (χ2n) is 8.21. The first-order chi connectivity index (χ1) is 11.9. The number of nitrogens with one attached hydrogen (secondary N) is 1. The number of hydrogen-bond donors (Lipinski definition) is 1. The van der Waals surface area contributed by atoms with Crippen LogP contribution in [0.5, 0.6) is 0 Å². The van der Waals surface area contributed by atoms with Gasteiger partial charge in [0.05, 0.1) is 25.0 Å². The fourth-order valence-corrected chi connectivity index (χ4v) is 3.38. The molecule has 1 N–H and O–H groups in total. The minimum absolute atomic E-state index is 0.0590. The van der Waals surface area contributed by atoms with E-state index in [9.17, 15) is 4.79 Å². The molecule has 3 rings (SSSR count). The molecule has 1 fully saturated rings. The number of hydrogen-bond acceptors (Lipinski definition) is 4. The SMILES string of the molecule is CC(C)(C)c1cn2c(n1)CC[C@@H](NC(=O)CCOC[C@@H]1CCCO1)C2. The summed E-state index contributed by atoms with van der Waals surface area (Å²) < 4.78 is 13.3. The Hall–Kier alpha value is -1.40. The van der Waals surface area contributed by atoms with Gasteiger partial charge in [0.25, 0.3) is 0 Å². The second-order valence-corrected chi connectivity index (χ2v) is 8.21. The molecule has 0 aliphatic carbocycles. The molecule has 6 heteroatoms. The van der Waals surface area contributed by atoms with E-state index in [1.807, 2.05) is 0 Å². The fourth-order valence-electron chi connectivity index (χ4n) is 3.38. The van der Waals surface area contributed by atoms with Gasteiger partial charge in [-0.3, -0.25) is 4.79 Å². The lowest BCUT2D eigenvalue weighted by atomic mass is 9.93. The number of ether oxygens (including phenoxy) is 2. The summed E-state index contributed by atoms with van der Waals surface area (Å²) in [7, 11) is 0. The number of amides is 1. The van der Waals surface area contributed by atoms with Crippen LogP contribution in [0.4, 0.5) is 0 Å². The summed E-state index contributed by atoms with van der Waals surface area (Å²) in [6.07, 6.45) is 6.81. The van der Waals surface area contributed by atoms with E-state index in [1.54, 1.807) is 0 Å². The van der Waals surface area contributed by atoms with Gasteiger partial charge in [-0.2, -0.15) is 0 Å². The van der Waals surface area contributed by atoms with E-state index in [-0.39, 0.29) is 23.5 Å². The Morgan fingerprint density at radius 1 is 1.44 bits per heavy atom. The van der Waals surface area contributed by atoms with Gasteiger partial charge in [-0.25, -0.2) is 4.98 Å². The second kappa shape index (κ2) is 7.87. The lowest BCUT2D eigenvalue weighted by Crippen LogP contribution is -2.41. The molecular formula is C19H31N3O3. The van der Waals surface area contributed by atoms with Crippen LogP contribution in [0.25, 0.3) is 0 Å². The van der Waals surface area contributed by atoms with Gasteiger partial charge in [0.15, 0.2) is 0 Å². The predicted octanol–water partition coefficient (Wildman–Crippen LogP) is 2.20. The lowest BCUT2D eigenvalue weighted by Gasteiger charge is -2.24. The monoisotopic (exact) mass is 349 g/mol. The molecule has 140 valence electrons. The molecule has 0 radical (unpaired) electrons. The highest BCUT2D eigenvalue weighted by Gasteiger charge is 2.25. The molecule has 2 aliphatic heterocycles. The van der Waals surface area contributed by atoms with E-state index in [2.05, 4.69) is 36.9 Å². The highest BCUT2D eigenvalue weighted by atomic mass is 16.5. The molecule has 1 aromatic heterocycles. The van der Waals surface area contributed by atoms with Crippen molar-refractivity contribution in [3.8, 4) is 0 Å². The summed E-state index contributed by atoms with van der Waals surface area (Å²) in [5, 5.41) is 3.14. The number of aromatic nitrogens is 2. The molecule has 25 heavy (non-hydrogen) atoms. The number of carbonyl (C=O) groups is 1. The summed E-state index contributed by atoms with van der Waals surface area (Å²) in [4.78, 5) is 16.9. The van der Waals surface area contributed by atoms with Crippen molar-refractivity contribution in [3.05, 3.63) is 17.7 Å². The normalized spacial score (nSPS) is 23.5. The van der Waals surface area contributed by atoms with Crippen LogP contribution < -0.4 is 5.32 Å². The number of carbonyl (C=O) groups excluding carboxylic acids is 1. The fraction of sp³-hybridized carbons (Fsp3) is 0.789. The Morgan fingerprint density at radius 2 is 2.28 bits per heavy atom. The van der Waals surface area contributed by atoms with Crippen molar-refractivity contribution >= 4 is 5.91 Å². The van der Waals surface area contributed by atoms with Gasteiger partial charge >= 0.3 is 0 Å². The Morgan fingerprint density at radius 3 is 3.00 bits per heavy atom. The Labute approximate surface area is 150 Å². The first-order valence-corrected chi connectivity index (χ1v) is 9.47. The summed E-state index contributed by atoms with van der Waals surface area (Å²) in [5.41, 5.74) is 1.18. The van der Waals surface area contributed by atoms with E-state index < -0.39 is 0 Å². The third-order valence-electron chi connectivity index (χ3n) is 4.93. The van der Waals surface area contributed by atoms with Gasteiger partial charge < -0.3 is 19.4 Å². The van der Waals surface area contributed by atoms with Crippen molar-refractivity contribution < 1.29 is 14.3 Å². The molecule has 0 saturated carbocycles. The third kappa shape index (κ3) is 5.05. The van der Waals surface area contributed by atoms with Gasteiger partial charge in [-0.15, -0.1) is 0 Å². The molecular weight excluding hydrogens is 318 g/mol. The van der Waals surface area contributed by atoms with E-state index in [1.165, 1.54) is 0 Å². The average molecular weight is 349 g/mol. The van der Waals surface area contributed by atoms with Gasteiger partial charge in [0, 0.05) is 43.6 Å². The number of imidazole rings is 1. The molecule has 2 aliphatic rings. The van der Waals surface area contributed by atoms with Crippen molar-refractivity contribution in [2.75, 3.05) is 19.8 Å². The van der Waals surface area contributed by atoms with E-state index in [0.29, 0.717) is 19.6 Å². The van der Waals surface area contributed by atoms with Crippen LogP contribution in [-0.2, 0) is 32.6 Å². The largest absolute Gasteiger partial charge is 0.378 e. The van der Waals surface area contributed by atoms with Crippen LogP contribution in [-0.4, -0.2) is 47.4 Å². The maximum atomic E-state index is 12.1. The Balaban J connectivity index is 1.40. The Bertz CT molecular complexity index is 585. The number of nitrogens with zero attached hydrogens (tertiary/aromatic N) is 2. The van der Waals surface area contributed by atoms with E-state index in [4.69, 9.17) is 14.5 Å². The summed E-state index contributed by atoms with van der Waals surface area (Å²) in [6, 6.07) is 0.181. The zero-order chi connectivity index (χ0) is 17.9. The number of fused-ring (bicyclic) bond motifs is 1. The maximum absolute atomic E-state index is 12.1. The number of aryl methyl sites for hydroxylation is 1. The van der Waals surface area contributed by atoms with Gasteiger partial charge in [0.2, 0.25) is 5.91 Å². The first kappa shape index (κ1) is 18.4.